The highest BCUT2D eigenvalue weighted by Gasteiger charge is 2.15. The van der Waals surface area contributed by atoms with Crippen molar-refractivity contribution in [2.24, 2.45) is 0 Å². The van der Waals surface area contributed by atoms with Crippen molar-refractivity contribution in [3.63, 3.8) is 0 Å². The van der Waals surface area contributed by atoms with Gasteiger partial charge in [0.15, 0.2) is 5.16 Å². The van der Waals surface area contributed by atoms with Crippen molar-refractivity contribution in [1.29, 1.82) is 0 Å². The topological polar surface area (TPSA) is 61.0 Å². The molecule has 2 aromatic carbocycles. The second kappa shape index (κ2) is 8.18. The number of para-hydroxylation sites is 2. The van der Waals surface area contributed by atoms with Gasteiger partial charge in [-0.3, -0.25) is 4.79 Å². The van der Waals surface area contributed by atoms with Crippen LogP contribution >= 0.6 is 11.8 Å². The van der Waals surface area contributed by atoms with Gasteiger partial charge in [-0.05, 0) is 30.8 Å². The lowest BCUT2D eigenvalue weighted by molar-refractivity contribution is 0.0796. The maximum atomic E-state index is 12.7. The van der Waals surface area contributed by atoms with Crippen LogP contribution in [0.5, 0.6) is 0 Å². The lowest BCUT2D eigenvalue weighted by Gasteiger charge is -2.18. The van der Waals surface area contributed by atoms with E-state index < -0.39 is 0 Å². The Labute approximate surface area is 151 Å². The van der Waals surface area contributed by atoms with Crippen molar-refractivity contribution in [2.45, 2.75) is 10.9 Å². The number of benzene rings is 2. The molecule has 3 rings (SSSR count). The summed E-state index contributed by atoms with van der Waals surface area (Å²) in [6.07, 6.45) is 0. The molecule has 0 spiro atoms. The molecule has 0 bridgehead atoms. The quantitative estimate of drug-likeness (QED) is 0.640. The number of nitrogens with zero attached hydrogens (tertiary/aromatic N) is 2. The molecular weight excluding hydrogens is 332 g/mol. The Hall–Kier alpha value is -2.31. The predicted octanol–water partition coefficient (Wildman–Crippen LogP) is 3.15. The van der Waals surface area contributed by atoms with Gasteiger partial charge in [-0.2, -0.15) is 0 Å². The second-order valence-electron chi connectivity index (χ2n) is 5.84. The summed E-state index contributed by atoms with van der Waals surface area (Å²) >= 11 is 1.61. The van der Waals surface area contributed by atoms with Crippen LogP contribution in [0, 0.1) is 0 Å². The molecule has 3 aromatic rings. The van der Waals surface area contributed by atoms with Gasteiger partial charge >= 0.3 is 0 Å². The highest BCUT2D eigenvalue weighted by atomic mass is 32.2. The molecule has 2 N–H and O–H groups in total. The third-order valence-corrected chi connectivity index (χ3v) is 4.95. The number of fused-ring (bicyclic) bond motifs is 1. The molecule has 130 valence electrons. The Bertz CT molecular complexity index is 828. The van der Waals surface area contributed by atoms with E-state index in [4.69, 9.17) is 0 Å². The van der Waals surface area contributed by atoms with Gasteiger partial charge < -0.3 is 15.2 Å². The number of amides is 1. The maximum Gasteiger partial charge on any atom is 0.253 e. The summed E-state index contributed by atoms with van der Waals surface area (Å²) in [5.74, 6) is 0.748. The van der Waals surface area contributed by atoms with Crippen molar-refractivity contribution < 1.29 is 4.79 Å². The van der Waals surface area contributed by atoms with E-state index in [1.807, 2.05) is 62.6 Å². The van der Waals surface area contributed by atoms with E-state index in [0.717, 1.165) is 33.9 Å². The van der Waals surface area contributed by atoms with Gasteiger partial charge in [0.05, 0.1) is 11.0 Å². The number of nitrogens with one attached hydrogen (secondary N) is 2. The van der Waals surface area contributed by atoms with Gasteiger partial charge in [0.2, 0.25) is 0 Å². The Morgan fingerprint density at radius 1 is 1.20 bits per heavy atom. The van der Waals surface area contributed by atoms with E-state index in [0.29, 0.717) is 12.3 Å². The number of carbonyl (C=O) groups excluding carboxylic acids is 1. The minimum atomic E-state index is 0.0519. The van der Waals surface area contributed by atoms with Crippen molar-refractivity contribution in [1.82, 2.24) is 20.2 Å². The largest absolute Gasteiger partial charge is 0.340 e. The van der Waals surface area contributed by atoms with Gasteiger partial charge in [0.25, 0.3) is 5.91 Å². The minimum absolute atomic E-state index is 0.0519. The van der Waals surface area contributed by atoms with Crippen LogP contribution in [0.25, 0.3) is 11.0 Å². The van der Waals surface area contributed by atoms with Crippen LogP contribution in [0.4, 0.5) is 0 Å². The fourth-order valence-electron chi connectivity index (χ4n) is 2.59. The Kier molecular flexibility index (Phi) is 5.73. The minimum Gasteiger partial charge on any atom is -0.340 e. The first kappa shape index (κ1) is 17.5. The lowest BCUT2D eigenvalue weighted by atomic mass is 10.1. The van der Waals surface area contributed by atoms with Crippen LogP contribution in [0.15, 0.2) is 53.7 Å². The zero-order chi connectivity index (χ0) is 17.6. The van der Waals surface area contributed by atoms with Crippen LogP contribution in [-0.2, 0) is 5.75 Å². The molecule has 1 aromatic heterocycles. The highest BCUT2D eigenvalue weighted by Crippen LogP contribution is 2.25. The van der Waals surface area contributed by atoms with E-state index in [2.05, 4.69) is 15.3 Å². The first-order chi connectivity index (χ1) is 12.2. The Balaban J connectivity index is 1.73. The SMILES string of the molecule is CNCCN(C)C(=O)c1ccccc1CSc1nc2ccccc2[nH]1. The van der Waals surface area contributed by atoms with Crippen molar-refractivity contribution >= 4 is 28.7 Å². The third-order valence-electron chi connectivity index (χ3n) is 4.02. The number of hydrogen-bond acceptors (Lipinski definition) is 4. The number of hydrogen-bond donors (Lipinski definition) is 2. The molecule has 0 saturated carbocycles. The fraction of sp³-hybridized carbons (Fsp3) is 0.263. The van der Waals surface area contributed by atoms with Crippen molar-refractivity contribution in [3.05, 3.63) is 59.7 Å². The zero-order valence-corrected chi connectivity index (χ0v) is 15.3. The number of likely N-dealkylation sites (N-methyl/N-ethyl adjacent to an activating group) is 2. The Morgan fingerprint density at radius 2 is 1.96 bits per heavy atom. The number of aromatic amines is 1. The van der Waals surface area contributed by atoms with E-state index >= 15 is 0 Å². The molecule has 5 nitrogen and oxygen atoms in total. The van der Waals surface area contributed by atoms with Crippen LogP contribution in [0.1, 0.15) is 15.9 Å². The monoisotopic (exact) mass is 354 g/mol. The van der Waals surface area contributed by atoms with E-state index in [1.165, 1.54) is 0 Å². The summed E-state index contributed by atoms with van der Waals surface area (Å²) < 4.78 is 0. The smallest absolute Gasteiger partial charge is 0.253 e. The average molecular weight is 354 g/mol. The highest BCUT2D eigenvalue weighted by molar-refractivity contribution is 7.98. The molecule has 0 unspecified atom stereocenters. The van der Waals surface area contributed by atoms with Gasteiger partial charge in [0, 0.05) is 31.5 Å². The van der Waals surface area contributed by atoms with Crippen molar-refractivity contribution in [2.75, 3.05) is 27.2 Å². The van der Waals surface area contributed by atoms with Gasteiger partial charge in [-0.1, -0.05) is 42.1 Å². The molecule has 0 aliphatic rings. The predicted molar refractivity (Wildman–Crippen MR) is 103 cm³/mol. The molecule has 0 atom stereocenters. The standard InChI is InChI=1S/C19H22N4OS/c1-20-11-12-23(2)18(24)15-8-4-3-7-14(15)13-25-19-21-16-9-5-6-10-17(16)22-19/h3-10,20H,11-13H2,1-2H3,(H,21,22). The molecule has 0 fully saturated rings. The van der Waals surface area contributed by atoms with E-state index in [-0.39, 0.29) is 5.91 Å². The molecule has 0 radical (unpaired) electrons. The summed E-state index contributed by atoms with van der Waals surface area (Å²) in [4.78, 5) is 22.3. The molecule has 0 saturated heterocycles. The van der Waals surface area contributed by atoms with Crippen LogP contribution in [0.3, 0.4) is 0 Å². The molecule has 0 aliphatic heterocycles. The van der Waals surface area contributed by atoms with Gasteiger partial charge in [0.1, 0.15) is 0 Å². The molecule has 0 aliphatic carbocycles. The molecule has 1 heterocycles. The molecular formula is C19H22N4OS. The summed E-state index contributed by atoms with van der Waals surface area (Å²) in [7, 11) is 3.72. The summed E-state index contributed by atoms with van der Waals surface area (Å²) in [5.41, 5.74) is 3.77. The molecule has 1 amide bonds. The normalized spacial score (nSPS) is 11.0. The summed E-state index contributed by atoms with van der Waals surface area (Å²) in [6.45, 7) is 1.46. The second-order valence-corrected chi connectivity index (χ2v) is 6.80. The number of imidazole rings is 1. The van der Waals surface area contributed by atoms with Gasteiger partial charge in [-0.15, -0.1) is 0 Å². The van der Waals surface area contributed by atoms with Crippen molar-refractivity contribution in [3.8, 4) is 0 Å². The Morgan fingerprint density at radius 3 is 2.76 bits per heavy atom. The third kappa shape index (κ3) is 4.21. The fourth-order valence-corrected chi connectivity index (χ4v) is 3.47. The maximum absolute atomic E-state index is 12.7. The first-order valence-electron chi connectivity index (χ1n) is 8.24. The van der Waals surface area contributed by atoms with Crippen LogP contribution < -0.4 is 5.32 Å². The number of rotatable bonds is 7. The zero-order valence-electron chi connectivity index (χ0n) is 14.5. The first-order valence-corrected chi connectivity index (χ1v) is 9.23. The number of H-pyrrole nitrogens is 1. The molecule has 6 heteroatoms. The molecule has 25 heavy (non-hydrogen) atoms. The van der Waals surface area contributed by atoms with Gasteiger partial charge in [-0.25, -0.2) is 4.98 Å². The lowest BCUT2D eigenvalue weighted by Crippen LogP contribution is -2.33. The number of carbonyl (C=O) groups is 1. The van der Waals surface area contributed by atoms with Crippen LogP contribution in [0.2, 0.25) is 0 Å². The number of thioether (sulfide) groups is 1. The van der Waals surface area contributed by atoms with E-state index in [9.17, 15) is 4.79 Å². The summed E-state index contributed by atoms with van der Waals surface area (Å²) in [5, 5.41) is 3.94. The number of aromatic nitrogens is 2. The van der Waals surface area contributed by atoms with E-state index in [1.54, 1.807) is 16.7 Å². The van der Waals surface area contributed by atoms with Crippen LogP contribution in [-0.4, -0.2) is 48.0 Å². The average Bonchev–Trinajstić information content (AvgIpc) is 3.07. The summed E-state index contributed by atoms with van der Waals surface area (Å²) in [6, 6.07) is 15.8.